The number of benzene rings is 2. The number of methoxy groups -OCH3 is 1. The molecule has 0 aliphatic heterocycles. The van der Waals surface area contributed by atoms with Gasteiger partial charge in [0.05, 0.1) is 29.2 Å². The fourth-order valence-corrected chi connectivity index (χ4v) is 4.73. The van der Waals surface area contributed by atoms with E-state index in [2.05, 4.69) is 6.92 Å². The number of amides is 1. The van der Waals surface area contributed by atoms with Gasteiger partial charge >= 0.3 is 0 Å². The van der Waals surface area contributed by atoms with Crippen LogP contribution in [-0.4, -0.2) is 40.6 Å². The van der Waals surface area contributed by atoms with Gasteiger partial charge in [0, 0.05) is 25.1 Å². The molecule has 1 unspecified atom stereocenters. The van der Waals surface area contributed by atoms with Crippen molar-refractivity contribution in [2.24, 2.45) is 0 Å². The van der Waals surface area contributed by atoms with Crippen molar-refractivity contribution in [1.29, 1.82) is 0 Å². The van der Waals surface area contributed by atoms with Crippen LogP contribution in [0.4, 0.5) is 0 Å². The summed E-state index contributed by atoms with van der Waals surface area (Å²) in [5, 5.41) is 1.09. The molecule has 0 saturated carbocycles. The molecule has 7 heteroatoms. The van der Waals surface area contributed by atoms with Crippen LogP contribution in [0.1, 0.15) is 76.2 Å². The fraction of sp³-hybridized carbons (Fsp3) is 0.483. The van der Waals surface area contributed by atoms with Crippen LogP contribution in [0.3, 0.4) is 0 Å². The first-order valence-electron chi connectivity index (χ1n) is 13.0. The van der Waals surface area contributed by atoms with Gasteiger partial charge in [-0.2, -0.15) is 0 Å². The number of ether oxygens (including phenoxy) is 1. The molecule has 0 aliphatic carbocycles. The predicted octanol–water partition coefficient (Wildman–Crippen LogP) is 6.63. The van der Waals surface area contributed by atoms with Crippen molar-refractivity contribution < 1.29 is 9.53 Å². The molecule has 194 valence electrons. The summed E-state index contributed by atoms with van der Waals surface area (Å²) >= 11 is 6.43. The van der Waals surface area contributed by atoms with Gasteiger partial charge in [-0.1, -0.05) is 68.8 Å². The second kappa shape index (κ2) is 13.6. The lowest BCUT2D eigenvalue weighted by atomic mass is 10.1. The second-order valence-corrected chi connectivity index (χ2v) is 9.69. The topological polar surface area (TPSA) is 64.4 Å². The van der Waals surface area contributed by atoms with Crippen LogP contribution in [0.15, 0.2) is 47.3 Å². The lowest BCUT2D eigenvalue weighted by Crippen LogP contribution is -2.39. The molecular formula is C29H38ClN3O3. The maximum atomic E-state index is 13.8. The molecule has 0 N–H and O–H groups in total. The zero-order valence-corrected chi connectivity index (χ0v) is 22.7. The zero-order chi connectivity index (χ0) is 26.1. The Labute approximate surface area is 219 Å². The number of fused-ring (bicyclic) bond motifs is 1. The molecule has 0 spiro atoms. The minimum absolute atomic E-state index is 0.0480. The van der Waals surface area contributed by atoms with Gasteiger partial charge in [-0.25, -0.2) is 4.98 Å². The van der Waals surface area contributed by atoms with Gasteiger partial charge in [0.2, 0.25) is 5.91 Å². The van der Waals surface area contributed by atoms with Gasteiger partial charge in [-0.3, -0.25) is 14.2 Å². The monoisotopic (exact) mass is 511 g/mol. The molecule has 1 amide bonds. The lowest BCUT2D eigenvalue weighted by molar-refractivity contribution is -0.134. The molecule has 3 rings (SSSR count). The van der Waals surface area contributed by atoms with Gasteiger partial charge in [0.15, 0.2) is 0 Å². The summed E-state index contributed by atoms with van der Waals surface area (Å²) in [6.45, 7) is 6.84. The Morgan fingerprint density at radius 2 is 1.81 bits per heavy atom. The highest BCUT2D eigenvalue weighted by atomic mass is 35.5. The zero-order valence-electron chi connectivity index (χ0n) is 21.9. The number of aromatic nitrogens is 2. The van der Waals surface area contributed by atoms with E-state index < -0.39 is 6.04 Å². The Bertz CT molecular complexity index is 1220. The van der Waals surface area contributed by atoms with E-state index in [1.165, 1.54) is 19.3 Å². The number of nitrogens with zero attached hydrogens (tertiary/aromatic N) is 3. The molecule has 1 heterocycles. The molecule has 0 saturated heterocycles. The van der Waals surface area contributed by atoms with Crippen LogP contribution in [0.25, 0.3) is 16.6 Å². The molecule has 6 nitrogen and oxygen atoms in total. The maximum absolute atomic E-state index is 13.8. The smallest absolute Gasteiger partial charge is 0.266 e. The van der Waals surface area contributed by atoms with E-state index in [4.69, 9.17) is 21.3 Å². The van der Waals surface area contributed by atoms with E-state index in [9.17, 15) is 9.59 Å². The quantitative estimate of drug-likeness (QED) is 0.241. The Morgan fingerprint density at radius 1 is 1.08 bits per heavy atom. The van der Waals surface area contributed by atoms with Crippen molar-refractivity contribution in [3.63, 3.8) is 0 Å². The van der Waals surface area contributed by atoms with Crippen molar-refractivity contribution in [3.05, 3.63) is 69.2 Å². The summed E-state index contributed by atoms with van der Waals surface area (Å²) in [7, 11) is 1.63. The minimum atomic E-state index is -0.441. The van der Waals surface area contributed by atoms with Crippen molar-refractivity contribution in [2.45, 2.75) is 71.8 Å². The molecule has 0 aliphatic rings. The highest BCUT2D eigenvalue weighted by Gasteiger charge is 2.27. The third-order valence-corrected chi connectivity index (χ3v) is 7.13. The number of halogens is 1. The van der Waals surface area contributed by atoms with Crippen LogP contribution in [0, 0.1) is 6.92 Å². The Morgan fingerprint density at radius 3 is 2.56 bits per heavy atom. The van der Waals surface area contributed by atoms with E-state index in [0.29, 0.717) is 47.0 Å². The molecule has 36 heavy (non-hydrogen) atoms. The Kier molecular flexibility index (Phi) is 10.5. The number of hydrogen-bond acceptors (Lipinski definition) is 4. The van der Waals surface area contributed by atoms with Crippen molar-refractivity contribution >= 4 is 28.4 Å². The summed E-state index contributed by atoms with van der Waals surface area (Å²) in [6, 6.07) is 12.4. The maximum Gasteiger partial charge on any atom is 0.266 e. The van der Waals surface area contributed by atoms with Crippen molar-refractivity contribution in [1.82, 2.24) is 14.5 Å². The normalized spacial score (nSPS) is 12.1. The first-order valence-corrected chi connectivity index (χ1v) is 13.3. The summed E-state index contributed by atoms with van der Waals surface area (Å²) in [6.07, 6.45) is 7.15. The van der Waals surface area contributed by atoms with E-state index in [-0.39, 0.29) is 11.5 Å². The highest BCUT2D eigenvalue weighted by Crippen LogP contribution is 2.27. The highest BCUT2D eigenvalue weighted by molar-refractivity contribution is 6.31. The minimum Gasteiger partial charge on any atom is -0.383 e. The van der Waals surface area contributed by atoms with E-state index in [1.807, 2.05) is 44.2 Å². The number of rotatable bonds is 13. The molecule has 1 aromatic heterocycles. The number of carbonyl (C=O) groups is 1. The molecule has 0 bridgehead atoms. The van der Waals surface area contributed by atoms with Crippen molar-refractivity contribution in [3.8, 4) is 5.69 Å². The fourth-order valence-electron chi connectivity index (χ4n) is 4.56. The van der Waals surface area contributed by atoms with Crippen LogP contribution >= 0.6 is 11.6 Å². The third-order valence-electron chi connectivity index (χ3n) is 6.72. The van der Waals surface area contributed by atoms with Gasteiger partial charge in [-0.15, -0.1) is 0 Å². The number of para-hydroxylation sites is 1. The van der Waals surface area contributed by atoms with Crippen LogP contribution < -0.4 is 5.56 Å². The Balaban J connectivity index is 2.02. The van der Waals surface area contributed by atoms with Gasteiger partial charge in [-0.05, 0) is 50.1 Å². The predicted molar refractivity (Wildman–Crippen MR) is 147 cm³/mol. The lowest BCUT2D eigenvalue weighted by Gasteiger charge is -2.31. The van der Waals surface area contributed by atoms with Crippen LogP contribution in [0.2, 0.25) is 5.02 Å². The average Bonchev–Trinajstić information content (AvgIpc) is 2.88. The summed E-state index contributed by atoms with van der Waals surface area (Å²) in [4.78, 5) is 33.9. The molecular weight excluding hydrogens is 474 g/mol. The van der Waals surface area contributed by atoms with E-state index in [0.717, 1.165) is 24.8 Å². The van der Waals surface area contributed by atoms with Gasteiger partial charge < -0.3 is 9.64 Å². The first kappa shape index (κ1) is 27.9. The number of carbonyl (C=O) groups excluding carboxylic acids is 1. The first-order chi connectivity index (χ1) is 17.4. The standard InChI is InChI=1S/C29H38ClN3O3/c1-5-6-7-8-9-10-18-27(34)32(19-20-36-4)22(3)28-31-25-16-12-11-14-23(25)29(35)33(28)26-17-13-15-24(30)21(26)2/h11-17,22H,5-10,18-20H2,1-4H3. The summed E-state index contributed by atoms with van der Waals surface area (Å²) < 4.78 is 6.94. The van der Waals surface area contributed by atoms with E-state index >= 15 is 0 Å². The van der Waals surface area contributed by atoms with Crippen molar-refractivity contribution in [2.75, 3.05) is 20.3 Å². The van der Waals surface area contributed by atoms with Gasteiger partial charge in [0.1, 0.15) is 5.82 Å². The Hall–Kier alpha value is -2.70. The van der Waals surface area contributed by atoms with Gasteiger partial charge in [0.25, 0.3) is 5.56 Å². The SMILES string of the molecule is CCCCCCCCC(=O)N(CCOC)C(C)c1nc2ccccc2c(=O)n1-c1cccc(Cl)c1C. The molecule has 0 fully saturated rings. The largest absolute Gasteiger partial charge is 0.383 e. The van der Waals surface area contributed by atoms with Crippen LogP contribution in [0.5, 0.6) is 0 Å². The average molecular weight is 512 g/mol. The van der Waals surface area contributed by atoms with E-state index in [1.54, 1.807) is 28.7 Å². The number of hydrogen-bond donors (Lipinski definition) is 0. The molecule has 3 aromatic rings. The second-order valence-electron chi connectivity index (χ2n) is 9.29. The third kappa shape index (κ3) is 6.54. The molecule has 2 aromatic carbocycles. The summed E-state index contributed by atoms with van der Waals surface area (Å²) in [5.41, 5.74) is 1.88. The van der Waals surface area contributed by atoms with Crippen LogP contribution in [-0.2, 0) is 9.53 Å². The molecule has 1 atom stereocenters. The summed E-state index contributed by atoms with van der Waals surface area (Å²) in [5.74, 6) is 0.559. The number of unbranched alkanes of at least 4 members (excludes halogenated alkanes) is 5. The molecule has 0 radical (unpaired) electrons.